The van der Waals surface area contributed by atoms with Crippen LogP contribution in [0.2, 0.25) is 0 Å². The number of fused-ring (bicyclic) bond motifs is 5. The number of aromatic nitrogens is 1. The summed E-state index contributed by atoms with van der Waals surface area (Å²) in [5.41, 5.74) is 4.12. The van der Waals surface area contributed by atoms with Crippen molar-refractivity contribution in [2.24, 2.45) is 5.92 Å². The lowest BCUT2D eigenvalue weighted by atomic mass is 9.89. The fourth-order valence-electron chi connectivity index (χ4n) is 4.83. The Morgan fingerprint density at radius 1 is 1.18 bits per heavy atom. The number of piperidine rings is 1. The first kappa shape index (κ1) is 13.3. The molecular weight excluding hydrogens is 288 g/mol. The summed E-state index contributed by atoms with van der Waals surface area (Å²) in [7, 11) is 2.33. The Bertz CT molecular complexity index is 706. The van der Waals surface area contributed by atoms with Gasteiger partial charge >= 0.3 is 0 Å². The van der Waals surface area contributed by atoms with E-state index in [9.17, 15) is 0 Å². The third-order valence-electron chi connectivity index (χ3n) is 6.02. The zero-order valence-corrected chi connectivity index (χ0v) is 13.9. The van der Waals surface area contributed by atoms with Gasteiger partial charge in [-0.05, 0) is 44.2 Å². The minimum atomic E-state index is 0.844. The van der Waals surface area contributed by atoms with Crippen LogP contribution in [0.5, 0.6) is 0 Å². The lowest BCUT2D eigenvalue weighted by Crippen LogP contribution is -2.40. The molecule has 0 radical (unpaired) electrons. The molecule has 1 aromatic heterocycles. The molecule has 2 nitrogen and oxygen atoms in total. The molecule has 5 rings (SSSR count). The van der Waals surface area contributed by atoms with Crippen LogP contribution in [-0.2, 0) is 12.8 Å². The van der Waals surface area contributed by atoms with E-state index in [1.165, 1.54) is 58.8 Å². The summed E-state index contributed by atoms with van der Waals surface area (Å²) in [5.74, 6) is 0.857. The molecule has 1 aliphatic carbocycles. The molecule has 1 unspecified atom stereocenters. The second kappa shape index (κ2) is 4.90. The van der Waals surface area contributed by atoms with Gasteiger partial charge in [-0.15, -0.1) is 11.3 Å². The fourth-order valence-corrected chi connectivity index (χ4v) is 6.05. The van der Waals surface area contributed by atoms with Crippen LogP contribution in [0.25, 0.3) is 11.3 Å². The van der Waals surface area contributed by atoms with Gasteiger partial charge < -0.3 is 4.90 Å². The Morgan fingerprint density at radius 2 is 1.95 bits per heavy atom. The number of nitrogens with zero attached hydrogens (tertiary/aromatic N) is 2. The summed E-state index contributed by atoms with van der Waals surface area (Å²) < 4.78 is 0. The zero-order valence-electron chi connectivity index (χ0n) is 13.1. The topological polar surface area (TPSA) is 16.1 Å². The van der Waals surface area contributed by atoms with Gasteiger partial charge in [0.15, 0.2) is 0 Å². The zero-order chi connectivity index (χ0) is 14.7. The molecule has 2 saturated heterocycles. The van der Waals surface area contributed by atoms with Crippen LogP contribution in [-0.4, -0.2) is 29.0 Å². The highest BCUT2D eigenvalue weighted by atomic mass is 32.1. The van der Waals surface area contributed by atoms with Gasteiger partial charge in [-0.25, -0.2) is 4.98 Å². The highest BCUT2D eigenvalue weighted by Gasteiger charge is 2.38. The molecule has 0 amide bonds. The van der Waals surface area contributed by atoms with Gasteiger partial charge in [0, 0.05) is 35.4 Å². The summed E-state index contributed by atoms with van der Waals surface area (Å²) in [6.45, 7) is 0. The van der Waals surface area contributed by atoms with Gasteiger partial charge in [0.25, 0.3) is 0 Å². The molecule has 0 N–H and O–H groups in total. The maximum absolute atomic E-state index is 5.02. The summed E-state index contributed by atoms with van der Waals surface area (Å²) in [6.07, 6.45) is 7.91. The third-order valence-corrected chi connectivity index (χ3v) is 7.10. The Balaban J connectivity index is 1.37. The number of thiazole rings is 1. The molecule has 22 heavy (non-hydrogen) atoms. The van der Waals surface area contributed by atoms with Gasteiger partial charge in [0.2, 0.25) is 0 Å². The van der Waals surface area contributed by atoms with Crippen molar-refractivity contribution < 1.29 is 0 Å². The monoisotopic (exact) mass is 310 g/mol. The van der Waals surface area contributed by atoms with Gasteiger partial charge in [-0.1, -0.05) is 24.3 Å². The lowest BCUT2D eigenvalue weighted by molar-refractivity contribution is 0.134. The molecule has 2 fully saturated rings. The van der Waals surface area contributed by atoms with Crippen molar-refractivity contribution in [3.05, 3.63) is 39.7 Å². The van der Waals surface area contributed by atoms with E-state index in [1.54, 1.807) is 0 Å². The molecule has 2 bridgehead atoms. The van der Waals surface area contributed by atoms with Crippen molar-refractivity contribution in [1.82, 2.24) is 9.88 Å². The molecule has 3 heterocycles. The van der Waals surface area contributed by atoms with Crippen LogP contribution in [0, 0.1) is 5.92 Å². The van der Waals surface area contributed by atoms with E-state index in [4.69, 9.17) is 4.98 Å². The second-order valence-corrected chi connectivity index (χ2v) is 8.47. The second-order valence-electron chi connectivity index (χ2n) is 7.31. The number of hydrogen-bond donors (Lipinski definition) is 0. The Hall–Kier alpha value is -1.19. The van der Waals surface area contributed by atoms with Crippen LogP contribution < -0.4 is 0 Å². The first-order valence-electron chi connectivity index (χ1n) is 8.56. The first-order chi connectivity index (χ1) is 10.8. The van der Waals surface area contributed by atoms with E-state index >= 15 is 0 Å². The van der Waals surface area contributed by atoms with E-state index in [0.29, 0.717) is 0 Å². The van der Waals surface area contributed by atoms with Crippen molar-refractivity contribution in [3.63, 3.8) is 0 Å². The molecule has 1 aromatic carbocycles. The predicted molar refractivity (Wildman–Crippen MR) is 91.4 cm³/mol. The van der Waals surface area contributed by atoms with E-state index in [0.717, 1.165) is 24.4 Å². The van der Waals surface area contributed by atoms with Crippen molar-refractivity contribution in [3.8, 4) is 11.3 Å². The number of hydrogen-bond acceptors (Lipinski definition) is 3. The van der Waals surface area contributed by atoms with E-state index in [2.05, 4.69) is 36.2 Å². The van der Waals surface area contributed by atoms with Gasteiger partial charge in [-0.3, -0.25) is 0 Å². The molecule has 0 spiro atoms. The SMILES string of the molecule is CN1[C@@H]2CC[C@H]1CC(Cc1nc3c(s1)Cc1ccccc1-3)C2. The molecular formula is C19H22N2S. The Morgan fingerprint density at radius 3 is 2.77 bits per heavy atom. The summed E-state index contributed by atoms with van der Waals surface area (Å²) in [6, 6.07) is 10.5. The minimum absolute atomic E-state index is 0.844. The highest BCUT2D eigenvalue weighted by Crippen LogP contribution is 2.42. The maximum atomic E-state index is 5.02. The normalized spacial score (nSPS) is 29.6. The first-order valence-corrected chi connectivity index (χ1v) is 9.38. The van der Waals surface area contributed by atoms with Crippen LogP contribution in [0.1, 0.15) is 41.1 Å². The molecule has 3 heteroatoms. The largest absolute Gasteiger partial charge is 0.300 e. The molecule has 0 saturated carbocycles. The smallest absolute Gasteiger partial charge is 0.0938 e. The van der Waals surface area contributed by atoms with Crippen LogP contribution in [0.3, 0.4) is 0 Å². The number of rotatable bonds is 2. The van der Waals surface area contributed by atoms with Crippen LogP contribution >= 0.6 is 11.3 Å². The van der Waals surface area contributed by atoms with Crippen molar-refractivity contribution in [2.75, 3.05) is 7.05 Å². The van der Waals surface area contributed by atoms with Crippen molar-refractivity contribution >= 4 is 11.3 Å². The minimum Gasteiger partial charge on any atom is -0.300 e. The molecule has 3 aliphatic rings. The summed E-state index contributed by atoms with van der Waals surface area (Å²) in [4.78, 5) is 9.15. The quantitative estimate of drug-likeness (QED) is 0.707. The van der Waals surface area contributed by atoms with Gasteiger partial charge in [-0.2, -0.15) is 0 Å². The Labute approximate surface area is 136 Å². The molecule has 3 atom stereocenters. The van der Waals surface area contributed by atoms with E-state index in [-0.39, 0.29) is 0 Å². The van der Waals surface area contributed by atoms with Gasteiger partial charge in [0.1, 0.15) is 0 Å². The van der Waals surface area contributed by atoms with Crippen molar-refractivity contribution in [1.29, 1.82) is 0 Å². The highest BCUT2D eigenvalue weighted by molar-refractivity contribution is 7.12. The van der Waals surface area contributed by atoms with Crippen molar-refractivity contribution in [2.45, 2.75) is 50.6 Å². The molecule has 2 aromatic rings. The average molecular weight is 310 g/mol. The average Bonchev–Trinajstić information content (AvgIpc) is 3.09. The summed E-state index contributed by atoms with van der Waals surface area (Å²) in [5, 5.41) is 1.38. The standard InChI is InChI=1S/C19H22N2S/c1-21-14-6-7-15(21)9-12(8-14)10-18-20-19-16-5-3-2-4-13(16)11-17(19)22-18/h2-5,12,14-15H,6-11H2,1H3/t12?,14-,15+. The maximum Gasteiger partial charge on any atom is 0.0938 e. The molecule has 114 valence electrons. The van der Waals surface area contributed by atoms with E-state index < -0.39 is 0 Å². The van der Waals surface area contributed by atoms with E-state index in [1.807, 2.05) is 11.3 Å². The molecule has 2 aliphatic heterocycles. The third kappa shape index (κ3) is 1.99. The fraction of sp³-hybridized carbons (Fsp3) is 0.526. The Kier molecular flexibility index (Phi) is 2.96. The number of benzene rings is 1. The predicted octanol–water partition coefficient (Wildman–Crippen LogP) is 4.13. The summed E-state index contributed by atoms with van der Waals surface area (Å²) >= 11 is 1.97. The van der Waals surface area contributed by atoms with Crippen LogP contribution in [0.15, 0.2) is 24.3 Å². The van der Waals surface area contributed by atoms with Crippen LogP contribution in [0.4, 0.5) is 0 Å². The lowest BCUT2D eigenvalue weighted by Gasteiger charge is -2.36. The van der Waals surface area contributed by atoms with Gasteiger partial charge in [0.05, 0.1) is 10.7 Å².